The zero-order valence-corrected chi connectivity index (χ0v) is 9.69. The third-order valence-electron chi connectivity index (χ3n) is 2.01. The van der Waals surface area contributed by atoms with Crippen molar-refractivity contribution in [2.75, 3.05) is 5.32 Å². The molecule has 1 N–H and O–H groups in total. The minimum atomic E-state index is -4.34. The highest BCUT2D eigenvalue weighted by atomic mass is 35.5. The number of nitrogens with zero attached hydrogens (tertiary/aromatic N) is 1. The number of amides is 1. The molecule has 0 atom stereocenters. The van der Waals surface area contributed by atoms with Gasteiger partial charge in [-0.25, -0.2) is 4.98 Å². The summed E-state index contributed by atoms with van der Waals surface area (Å²) in [5, 5.41) is 2.38. The molecule has 0 aliphatic rings. The quantitative estimate of drug-likeness (QED) is 0.853. The van der Waals surface area contributed by atoms with Crippen molar-refractivity contribution in [3.63, 3.8) is 0 Å². The second kappa shape index (κ2) is 5.35. The molecule has 0 radical (unpaired) electrons. The summed E-state index contributed by atoms with van der Waals surface area (Å²) in [5.41, 5.74) is 0.895. The minimum absolute atomic E-state index is 0.0605. The molecule has 7 heteroatoms. The van der Waals surface area contributed by atoms with Gasteiger partial charge in [0.05, 0.1) is 12.1 Å². The average molecular weight is 267 g/mol. The number of hydrogen-bond donors (Lipinski definition) is 1. The fraction of sp³-hybridized carbons (Fsp3) is 0.400. The largest absolute Gasteiger partial charge is 0.389 e. The maximum absolute atomic E-state index is 11.9. The smallest absolute Gasteiger partial charge is 0.323 e. The van der Waals surface area contributed by atoms with Crippen molar-refractivity contribution in [3.8, 4) is 0 Å². The number of rotatable bonds is 3. The highest BCUT2D eigenvalue weighted by Crippen LogP contribution is 2.25. The summed E-state index contributed by atoms with van der Waals surface area (Å²) in [7, 11) is 0. The Kier molecular flexibility index (Phi) is 4.34. The first-order valence-electron chi connectivity index (χ1n) is 4.77. The van der Waals surface area contributed by atoms with Gasteiger partial charge in [-0.3, -0.25) is 4.79 Å². The van der Waals surface area contributed by atoms with Gasteiger partial charge in [0, 0.05) is 12.6 Å². The summed E-state index contributed by atoms with van der Waals surface area (Å²) >= 11 is 5.72. The third kappa shape index (κ3) is 4.60. The van der Waals surface area contributed by atoms with Gasteiger partial charge < -0.3 is 5.32 Å². The standard InChI is InChI=1S/C10H10ClF3N2O/c1-6-3-5-15-9(11)8(6)16-7(17)2-4-10(12,13)14/h3,5H,2,4H2,1H3,(H,16,17). The van der Waals surface area contributed by atoms with E-state index >= 15 is 0 Å². The molecule has 1 rings (SSSR count). The number of pyridine rings is 1. The van der Waals surface area contributed by atoms with Crippen LogP contribution >= 0.6 is 11.6 Å². The summed E-state index contributed by atoms with van der Waals surface area (Å²) in [6.07, 6.45) is -4.68. The van der Waals surface area contributed by atoms with Crippen molar-refractivity contribution in [2.24, 2.45) is 0 Å². The number of aromatic nitrogens is 1. The van der Waals surface area contributed by atoms with Crippen LogP contribution in [-0.4, -0.2) is 17.1 Å². The maximum Gasteiger partial charge on any atom is 0.389 e. The van der Waals surface area contributed by atoms with E-state index in [2.05, 4.69) is 10.3 Å². The van der Waals surface area contributed by atoms with Crippen LogP contribution < -0.4 is 5.32 Å². The first kappa shape index (κ1) is 13.8. The lowest BCUT2D eigenvalue weighted by molar-refractivity contribution is -0.142. The van der Waals surface area contributed by atoms with Crippen LogP contribution in [0.25, 0.3) is 0 Å². The molecule has 0 spiro atoms. The molecule has 94 valence electrons. The Morgan fingerprint density at radius 1 is 1.53 bits per heavy atom. The second-order valence-electron chi connectivity index (χ2n) is 3.46. The second-order valence-corrected chi connectivity index (χ2v) is 3.82. The molecule has 1 aromatic rings. The molecular formula is C10H10ClF3N2O. The molecule has 0 aliphatic heterocycles. The van der Waals surface area contributed by atoms with Crippen LogP contribution in [-0.2, 0) is 4.79 Å². The molecule has 0 fully saturated rings. The number of anilines is 1. The van der Waals surface area contributed by atoms with Crippen molar-refractivity contribution < 1.29 is 18.0 Å². The van der Waals surface area contributed by atoms with Crippen LogP contribution in [0.1, 0.15) is 18.4 Å². The SMILES string of the molecule is Cc1ccnc(Cl)c1NC(=O)CCC(F)(F)F. The first-order chi connectivity index (χ1) is 7.79. The predicted octanol–water partition coefficient (Wildman–Crippen LogP) is 3.32. The van der Waals surface area contributed by atoms with E-state index in [0.29, 0.717) is 5.56 Å². The zero-order chi connectivity index (χ0) is 13.1. The lowest BCUT2D eigenvalue weighted by Crippen LogP contribution is -2.17. The summed E-state index contributed by atoms with van der Waals surface area (Å²) in [4.78, 5) is 15.0. The summed E-state index contributed by atoms with van der Waals surface area (Å²) in [6.45, 7) is 1.67. The Morgan fingerprint density at radius 2 is 2.18 bits per heavy atom. The number of carbonyl (C=O) groups excluding carboxylic acids is 1. The maximum atomic E-state index is 11.9. The topological polar surface area (TPSA) is 42.0 Å². The van der Waals surface area contributed by atoms with E-state index in [1.807, 2.05) is 0 Å². The molecule has 1 aromatic heterocycles. The molecule has 0 unspecified atom stereocenters. The highest BCUT2D eigenvalue weighted by molar-refractivity contribution is 6.32. The first-order valence-corrected chi connectivity index (χ1v) is 5.15. The zero-order valence-electron chi connectivity index (χ0n) is 8.94. The molecule has 3 nitrogen and oxygen atoms in total. The molecule has 0 saturated carbocycles. The normalized spacial score (nSPS) is 11.4. The van der Waals surface area contributed by atoms with Gasteiger partial charge in [-0.15, -0.1) is 0 Å². The molecule has 17 heavy (non-hydrogen) atoms. The van der Waals surface area contributed by atoms with Crippen LogP contribution in [0.2, 0.25) is 5.15 Å². The lowest BCUT2D eigenvalue weighted by Gasteiger charge is -2.10. The number of carbonyl (C=O) groups is 1. The van der Waals surface area contributed by atoms with Crippen molar-refractivity contribution in [3.05, 3.63) is 23.0 Å². The number of hydrogen-bond acceptors (Lipinski definition) is 2. The minimum Gasteiger partial charge on any atom is -0.323 e. The van der Waals surface area contributed by atoms with E-state index in [1.54, 1.807) is 13.0 Å². The van der Waals surface area contributed by atoms with Gasteiger partial charge in [-0.05, 0) is 18.6 Å². The third-order valence-corrected chi connectivity index (χ3v) is 2.30. The highest BCUT2D eigenvalue weighted by Gasteiger charge is 2.28. The lowest BCUT2D eigenvalue weighted by atomic mass is 10.2. The monoisotopic (exact) mass is 266 g/mol. The number of alkyl halides is 3. The van der Waals surface area contributed by atoms with Crippen molar-refractivity contribution >= 4 is 23.2 Å². The molecule has 0 saturated heterocycles. The van der Waals surface area contributed by atoms with Gasteiger partial charge in [-0.2, -0.15) is 13.2 Å². The Hall–Kier alpha value is -1.30. The van der Waals surface area contributed by atoms with Crippen LogP contribution in [0.4, 0.5) is 18.9 Å². The van der Waals surface area contributed by atoms with Crippen LogP contribution in [0, 0.1) is 6.92 Å². The molecule has 0 aliphatic carbocycles. The molecule has 0 bridgehead atoms. The number of aryl methyl sites for hydroxylation is 1. The fourth-order valence-corrected chi connectivity index (χ4v) is 1.39. The van der Waals surface area contributed by atoms with Gasteiger partial charge in [0.15, 0.2) is 5.15 Å². The van der Waals surface area contributed by atoms with Crippen LogP contribution in [0.15, 0.2) is 12.3 Å². The van der Waals surface area contributed by atoms with Gasteiger partial charge in [0.25, 0.3) is 0 Å². The summed E-state index contributed by atoms with van der Waals surface area (Å²) < 4.78 is 35.7. The molecular weight excluding hydrogens is 257 g/mol. The van der Waals surface area contributed by atoms with Gasteiger partial charge >= 0.3 is 6.18 Å². The van der Waals surface area contributed by atoms with Crippen molar-refractivity contribution in [1.82, 2.24) is 4.98 Å². The Labute approximate surface area is 101 Å². The van der Waals surface area contributed by atoms with Gasteiger partial charge in [0.2, 0.25) is 5.91 Å². The molecule has 0 aromatic carbocycles. The van der Waals surface area contributed by atoms with Crippen LogP contribution in [0.5, 0.6) is 0 Å². The Morgan fingerprint density at radius 3 is 2.71 bits per heavy atom. The molecule has 1 amide bonds. The van der Waals surface area contributed by atoms with Gasteiger partial charge in [-0.1, -0.05) is 11.6 Å². The van der Waals surface area contributed by atoms with E-state index in [4.69, 9.17) is 11.6 Å². The van der Waals surface area contributed by atoms with E-state index in [0.717, 1.165) is 0 Å². The number of nitrogens with one attached hydrogen (secondary N) is 1. The summed E-state index contributed by atoms with van der Waals surface area (Å²) in [5.74, 6) is -0.736. The van der Waals surface area contributed by atoms with Crippen LogP contribution in [0.3, 0.4) is 0 Å². The Bertz CT molecular complexity index is 400. The van der Waals surface area contributed by atoms with E-state index in [-0.39, 0.29) is 10.8 Å². The van der Waals surface area contributed by atoms with Crippen molar-refractivity contribution in [2.45, 2.75) is 25.9 Å². The predicted molar refractivity (Wildman–Crippen MR) is 57.9 cm³/mol. The van der Waals surface area contributed by atoms with Crippen molar-refractivity contribution in [1.29, 1.82) is 0 Å². The van der Waals surface area contributed by atoms with Gasteiger partial charge in [0.1, 0.15) is 0 Å². The van der Waals surface area contributed by atoms with E-state index in [1.165, 1.54) is 6.20 Å². The average Bonchev–Trinajstić information content (AvgIpc) is 2.20. The number of halogens is 4. The fourth-order valence-electron chi connectivity index (χ4n) is 1.13. The molecule has 1 heterocycles. The van der Waals surface area contributed by atoms with E-state index < -0.39 is 24.9 Å². The Balaban J connectivity index is 2.63. The summed E-state index contributed by atoms with van der Waals surface area (Å²) in [6, 6.07) is 1.60. The van der Waals surface area contributed by atoms with E-state index in [9.17, 15) is 18.0 Å².